The molecule has 0 radical (unpaired) electrons. The van der Waals surface area contributed by atoms with E-state index in [0.29, 0.717) is 0 Å². The lowest BCUT2D eigenvalue weighted by molar-refractivity contribution is 0.685. The monoisotopic (exact) mass is 356 g/mol. The summed E-state index contributed by atoms with van der Waals surface area (Å²) in [4.78, 5) is 4.76. The molecule has 3 rings (SSSR count). The van der Waals surface area contributed by atoms with Gasteiger partial charge < -0.3 is 4.57 Å². The SMILES string of the molecule is C=CCn1c(CC)nnc1SCc1csc(-c2cccc(C)c2)n1. The summed E-state index contributed by atoms with van der Waals surface area (Å²) in [7, 11) is 0. The molecular weight excluding hydrogens is 336 g/mol. The number of rotatable bonds is 7. The van der Waals surface area contributed by atoms with Gasteiger partial charge >= 0.3 is 0 Å². The molecule has 2 heterocycles. The number of aryl methyl sites for hydroxylation is 2. The van der Waals surface area contributed by atoms with Crippen LogP contribution in [0.3, 0.4) is 0 Å². The topological polar surface area (TPSA) is 43.6 Å². The van der Waals surface area contributed by atoms with Gasteiger partial charge in [-0.1, -0.05) is 48.5 Å². The fourth-order valence-electron chi connectivity index (χ4n) is 2.42. The van der Waals surface area contributed by atoms with Crippen LogP contribution in [0.4, 0.5) is 0 Å². The van der Waals surface area contributed by atoms with Crippen molar-refractivity contribution in [1.29, 1.82) is 0 Å². The van der Waals surface area contributed by atoms with Crippen LogP contribution in [-0.2, 0) is 18.7 Å². The minimum atomic E-state index is 0.740. The maximum atomic E-state index is 4.76. The van der Waals surface area contributed by atoms with Crippen LogP contribution in [0.1, 0.15) is 24.0 Å². The van der Waals surface area contributed by atoms with E-state index < -0.39 is 0 Å². The molecule has 6 heteroatoms. The molecular formula is C18H20N4S2. The zero-order valence-corrected chi connectivity index (χ0v) is 15.5. The van der Waals surface area contributed by atoms with Crippen LogP contribution >= 0.6 is 23.1 Å². The summed E-state index contributed by atoms with van der Waals surface area (Å²) >= 11 is 3.36. The van der Waals surface area contributed by atoms with Gasteiger partial charge in [-0.2, -0.15) is 0 Å². The van der Waals surface area contributed by atoms with Crippen LogP contribution in [0.2, 0.25) is 0 Å². The molecule has 1 aromatic carbocycles. The Morgan fingerprint density at radius 1 is 1.33 bits per heavy atom. The molecule has 0 unspecified atom stereocenters. The van der Waals surface area contributed by atoms with E-state index in [2.05, 4.69) is 64.8 Å². The van der Waals surface area contributed by atoms with Gasteiger partial charge in [0, 0.05) is 29.7 Å². The van der Waals surface area contributed by atoms with Gasteiger partial charge in [0.1, 0.15) is 10.8 Å². The number of thioether (sulfide) groups is 1. The summed E-state index contributed by atoms with van der Waals surface area (Å²) in [5.41, 5.74) is 3.51. The molecule has 4 nitrogen and oxygen atoms in total. The second-order valence-corrected chi connectivity index (χ2v) is 7.25. The summed E-state index contributed by atoms with van der Waals surface area (Å²) < 4.78 is 2.12. The van der Waals surface area contributed by atoms with Crippen molar-refractivity contribution in [3.8, 4) is 10.6 Å². The molecule has 0 N–H and O–H groups in total. The molecule has 24 heavy (non-hydrogen) atoms. The lowest BCUT2D eigenvalue weighted by Crippen LogP contribution is -2.02. The lowest BCUT2D eigenvalue weighted by Gasteiger charge is -2.05. The van der Waals surface area contributed by atoms with Crippen molar-refractivity contribution in [1.82, 2.24) is 19.7 Å². The molecule has 0 amide bonds. The third kappa shape index (κ3) is 3.76. The normalized spacial score (nSPS) is 10.9. The Labute approximate surface area is 150 Å². The summed E-state index contributed by atoms with van der Waals surface area (Å²) in [6, 6.07) is 8.46. The highest BCUT2D eigenvalue weighted by Gasteiger charge is 2.12. The Hall–Kier alpha value is -1.92. The first-order chi connectivity index (χ1) is 11.7. The Kier molecular flexibility index (Phi) is 5.48. The van der Waals surface area contributed by atoms with E-state index in [4.69, 9.17) is 4.98 Å². The van der Waals surface area contributed by atoms with E-state index in [1.54, 1.807) is 23.1 Å². The standard InChI is InChI=1S/C18H20N4S2/c1-4-9-22-16(5-2)20-21-18(22)24-12-15-11-23-17(19-15)14-8-6-7-13(3)10-14/h4,6-8,10-11H,1,5,9,12H2,2-3H3. The Bertz CT molecular complexity index is 835. The van der Waals surface area contributed by atoms with Crippen LogP contribution < -0.4 is 0 Å². The molecule has 0 bridgehead atoms. The van der Waals surface area contributed by atoms with Crippen molar-refractivity contribution >= 4 is 23.1 Å². The smallest absolute Gasteiger partial charge is 0.191 e. The highest BCUT2D eigenvalue weighted by atomic mass is 32.2. The van der Waals surface area contributed by atoms with Gasteiger partial charge in [0.05, 0.1) is 5.69 Å². The fourth-order valence-corrected chi connectivity index (χ4v) is 4.20. The van der Waals surface area contributed by atoms with Crippen molar-refractivity contribution in [3.63, 3.8) is 0 Å². The van der Waals surface area contributed by atoms with E-state index in [1.807, 2.05) is 6.08 Å². The molecule has 124 valence electrons. The number of hydrogen-bond acceptors (Lipinski definition) is 5. The van der Waals surface area contributed by atoms with Gasteiger partial charge in [-0.15, -0.1) is 28.1 Å². The van der Waals surface area contributed by atoms with Gasteiger partial charge in [0.25, 0.3) is 0 Å². The van der Waals surface area contributed by atoms with E-state index >= 15 is 0 Å². The molecule has 2 aromatic heterocycles. The highest BCUT2D eigenvalue weighted by Crippen LogP contribution is 2.28. The first-order valence-electron chi connectivity index (χ1n) is 7.88. The molecule has 0 aliphatic carbocycles. The molecule has 3 aromatic rings. The maximum absolute atomic E-state index is 4.76. The molecule has 0 saturated heterocycles. The van der Waals surface area contributed by atoms with E-state index in [-0.39, 0.29) is 0 Å². The number of thiazole rings is 1. The van der Waals surface area contributed by atoms with Gasteiger partial charge in [0.2, 0.25) is 0 Å². The van der Waals surface area contributed by atoms with Crippen LogP contribution in [0, 0.1) is 6.92 Å². The fraction of sp³-hybridized carbons (Fsp3) is 0.278. The second-order valence-electron chi connectivity index (χ2n) is 5.45. The van der Waals surface area contributed by atoms with Crippen molar-refractivity contribution in [2.24, 2.45) is 0 Å². The van der Waals surface area contributed by atoms with Gasteiger partial charge in [-0.05, 0) is 13.0 Å². The molecule has 0 atom stereocenters. The molecule has 0 aliphatic rings. The third-order valence-corrected chi connectivity index (χ3v) is 5.53. The molecule has 0 fully saturated rings. The van der Waals surface area contributed by atoms with Crippen LogP contribution in [0.25, 0.3) is 10.6 Å². The first kappa shape index (κ1) is 16.9. The zero-order chi connectivity index (χ0) is 16.9. The van der Waals surface area contributed by atoms with Crippen LogP contribution in [0.5, 0.6) is 0 Å². The molecule has 0 spiro atoms. The largest absolute Gasteiger partial charge is 0.302 e. The predicted molar refractivity (Wildman–Crippen MR) is 101 cm³/mol. The first-order valence-corrected chi connectivity index (χ1v) is 9.75. The Morgan fingerprint density at radius 3 is 2.96 bits per heavy atom. The summed E-state index contributed by atoms with van der Waals surface area (Å²) in [6.45, 7) is 8.75. The van der Waals surface area contributed by atoms with Crippen LogP contribution in [-0.4, -0.2) is 19.7 Å². The second kappa shape index (κ2) is 7.77. The van der Waals surface area contributed by atoms with Gasteiger partial charge in [-0.25, -0.2) is 4.98 Å². The van der Waals surface area contributed by atoms with Gasteiger partial charge in [-0.3, -0.25) is 0 Å². The zero-order valence-electron chi connectivity index (χ0n) is 13.9. The van der Waals surface area contributed by atoms with Crippen molar-refractivity contribution < 1.29 is 0 Å². The molecule has 0 aliphatic heterocycles. The third-order valence-electron chi connectivity index (χ3n) is 3.59. The number of benzene rings is 1. The van der Waals surface area contributed by atoms with Crippen LogP contribution in [0.15, 0.2) is 47.5 Å². The molecule has 0 saturated carbocycles. The maximum Gasteiger partial charge on any atom is 0.191 e. The number of nitrogens with zero attached hydrogens (tertiary/aromatic N) is 4. The summed E-state index contributed by atoms with van der Waals surface area (Å²) in [5.74, 6) is 1.79. The van der Waals surface area contributed by atoms with Crippen molar-refractivity contribution in [3.05, 3.63) is 59.4 Å². The minimum absolute atomic E-state index is 0.740. The van der Waals surface area contributed by atoms with E-state index in [9.17, 15) is 0 Å². The number of hydrogen-bond donors (Lipinski definition) is 0. The van der Waals surface area contributed by atoms with E-state index in [0.717, 1.165) is 40.4 Å². The minimum Gasteiger partial charge on any atom is -0.302 e. The quantitative estimate of drug-likeness (QED) is 0.452. The van der Waals surface area contributed by atoms with Gasteiger partial charge in [0.15, 0.2) is 5.16 Å². The predicted octanol–water partition coefficient (Wildman–Crippen LogP) is 4.75. The summed E-state index contributed by atoms with van der Waals surface area (Å²) in [6.07, 6.45) is 2.75. The van der Waals surface area contributed by atoms with Crippen molar-refractivity contribution in [2.45, 2.75) is 37.7 Å². The summed E-state index contributed by atoms with van der Waals surface area (Å²) in [5, 5.41) is 12.7. The lowest BCUT2D eigenvalue weighted by atomic mass is 10.1. The Balaban J connectivity index is 1.72. The number of aromatic nitrogens is 4. The van der Waals surface area contributed by atoms with E-state index in [1.165, 1.54) is 11.1 Å². The number of allylic oxidation sites excluding steroid dienone is 1. The average Bonchev–Trinajstić information content (AvgIpc) is 3.20. The Morgan fingerprint density at radius 2 is 2.21 bits per heavy atom. The average molecular weight is 357 g/mol. The highest BCUT2D eigenvalue weighted by molar-refractivity contribution is 7.98. The van der Waals surface area contributed by atoms with Crippen molar-refractivity contribution in [2.75, 3.05) is 0 Å².